The fourth-order valence-electron chi connectivity index (χ4n) is 4.96. The van der Waals surface area contributed by atoms with Gasteiger partial charge in [0.15, 0.2) is 0 Å². The third-order valence-corrected chi connectivity index (χ3v) is 7.53. The number of rotatable bonds is 32. The minimum absolute atomic E-state index is 0. The zero-order valence-corrected chi connectivity index (χ0v) is 31.4. The number of hydrogen-bond donors (Lipinski definition) is 5. The molecular formula is C32H56GdN4O13+3. The van der Waals surface area contributed by atoms with Crippen LogP contribution in [-0.2, 0) is 38.3 Å². The van der Waals surface area contributed by atoms with Gasteiger partial charge in [-0.3, -0.25) is 43.4 Å². The standard InChI is InChI=1S/C32H56N4O13.Gd/c1-2-3-4-5-6-7-8-9-10-11-12-13-32(48)49-19-17-34(21-27(39)36(24-30(44)45)25-31(46)47)15-14-33(16-18-37)20-26(38)35(22-28(40)41)23-29(42)43;/h37H,2-25H2,1H3,(H,40,41)(H,42,43)(H,44,45)(H,46,47);/q;+3. The number of carbonyl (C=O) groups is 7. The number of carboxylic acids is 4. The molecule has 0 rings (SSSR count). The van der Waals surface area contributed by atoms with E-state index in [1.54, 1.807) is 0 Å². The number of unbranched alkanes of at least 4 members (excludes halogenated alkanes) is 10. The van der Waals surface area contributed by atoms with Crippen molar-refractivity contribution < 1.29 is 104 Å². The van der Waals surface area contributed by atoms with Gasteiger partial charge >= 0.3 is 69.8 Å². The largest absolute Gasteiger partial charge is 3.00 e. The van der Waals surface area contributed by atoms with Gasteiger partial charge < -0.3 is 40.1 Å². The van der Waals surface area contributed by atoms with Gasteiger partial charge in [0, 0.05) is 32.6 Å². The number of carbonyl (C=O) groups excluding carboxylic acids is 3. The molecule has 0 aliphatic carbocycles. The Morgan fingerprint density at radius 3 is 1.22 bits per heavy atom. The molecule has 0 fully saturated rings. The molecule has 287 valence electrons. The number of aliphatic carboxylic acids is 4. The first-order valence-corrected chi connectivity index (χ1v) is 16.9. The minimum Gasteiger partial charge on any atom is -0.480 e. The van der Waals surface area contributed by atoms with E-state index in [4.69, 9.17) is 25.2 Å². The number of nitrogens with zero attached hydrogens (tertiary/aromatic N) is 4. The molecule has 5 N–H and O–H groups in total. The maximum Gasteiger partial charge on any atom is 3.00 e. The molecular weight excluding hydrogens is 806 g/mol. The fraction of sp³-hybridized carbons (Fsp3) is 0.781. The summed E-state index contributed by atoms with van der Waals surface area (Å²) in [6.45, 7) is -2.77. The predicted molar refractivity (Wildman–Crippen MR) is 176 cm³/mol. The van der Waals surface area contributed by atoms with Crippen LogP contribution in [0.25, 0.3) is 0 Å². The van der Waals surface area contributed by atoms with Crippen molar-refractivity contribution in [1.82, 2.24) is 19.6 Å². The third kappa shape index (κ3) is 28.2. The molecule has 0 aromatic carbocycles. The Kier molecular flexibility index (Phi) is 31.0. The van der Waals surface area contributed by atoms with E-state index < -0.39 is 87.5 Å². The summed E-state index contributed by atoms with van der Waals surface area (Å²) in [4.78, 5) is 86.8. The molecule has 0 spiro atoms. The molecule has 0 saturated heterocycles. The minimum atomic E-state index is -1.42. The van der Waals surface area contributed by atoms with E-state index in [0.717, 1.165) is 19.3 Å². The number of carboxylic acid groups (broad SMARTS) is 4. The number of aliphatic hydroxyl groups excluding tert-OH is 1. The second-order valence-electron chi connectivity index (χ2n) is 11.9. The van der Waals surface area contributed by atoms with Gasteiger partial charge in [0.05, 0.1) is 19.7 Å². The van der Waals surface area contributed by atoms with E-state index in [9.17, 15) is 38.7 Å². The van der Waals surface area contributed by atoms with Gasteiger partial charge in [-0.15, -0.1) is 0 Å². The van der Waals surface area contributed by atoms with Crippen LogP contribution in [0.15, 0.2) is 0 Å². The zero-order chi connectivity index (χ0) is 37.0. The van der Waals surface area contributed by atoms with Crippen LogP contribution in [0, 0.1) is 39.9 Å². The van der Waals surface area contributed by atoms with E-state index >= 15 is 0 Å². The molecule has 0 aromatic heterocycles. The average Bonchev–Trinajstić information content (AvgIpc) is 3.00. The average molecular weight is 862 g/mol. The van der Waals surface area contributed by atoms with Crippen LogP contribution in [0.1, 0.15) is 84.0 Å². The first kappa shape index (κ1) is 49.6. The van der Waals surface area contributed by atoms with E-state index in [2.05, 4.69) is 6.92 Å². The monoisotopic (exact) mass is 862 g/mol. The Balaban J connectivity index is 0. The quantitative estimate of drug-likeness (QED) is 0.0465. The summed E-state index contributed by atoms with van der Waals surface area (Å²) in [6.07, 6.45) is 12.6. The normalized spacial score (nSPS) is 10.8. The van der Waals surface area contributed by atoms with E-state index in [1.807, 2.05) is 0 Å². The SMILES string of the molecule is CCCCCCCCCCCCCC(=O)OCCN(CCN(CCO)CC(=O)N(CC(=O)O)CC(=O)O)CC(=O)N(CC(=O)O)CC(=O)O.[Gd+3]. The van der Waals surface area contributed by atoms with Crippen molar-refractivity contribution in [3.63, 3.8) is 0 Å². The van der Waals surface area contributed by atoms with Crippen molar-refractivity contribution in [3.05, 3.63) is 0 Å². The second-order valence-corrected chi connectivity index (χ2v) is 11.9. The Hall–Kier alpha value is -2.51. The van der Waals surface area contributed by atoms with Crippen molar-refractivity contribution in [2.45, 2.75) is 84.0 Å². The predicted octanol–water partition coefficient (Wildman–Crippen LogP) is 0.823. The summed E-state index contributed by atoms with van der Waals surface area (Å²) in [6, 6.07) is 0. The van der Waals surface area contributed by atoms with Crippen molar-refractivity contribution >= 4 is 41.7 Å². The summed E-state index contributed by atoms with van der Waals surface area (Å²) < 4.78 is 5.34. The molecule has 1 radical (unpaired) electrons. The van der Waals surface area contributed by atoms with E-state index in [0.29, 0.717) is 16.2 Å². The summed E-state index contributed by atoms with van der Waals surface area (Å²) in [5.74, 6) is -7.75. The van der Waals surface area contributed by atoms with Gasteiger partial charge in [-0.2, -0.15) is 0 Å². The number of hydrogen-bond acceptors (Lipinski definition) is 11. The summed E-state index contributed by atoms with van der Waals surface area (Å²) in [5, 5.41) is 45.9. The molecule has 0 aliphatic heterocycles. The zero-order valence-electron chi connectivity index (χ0n) is 29.1. The van der Waals surface area contributed by atoms with Gasteiger partial charge in [-0.25, -0.2) is 0 Å². The first-order valence-electron chi connectivity index (χ1n) is 16.9. The molecule has 17 nitrogen and oxygen atoms in total. The first-order chi connectivity index (χ1) is 23.3. The van der Waals surface area contributed by atoms with Gasteiger partial charge in [-0.1, -0.05) is 71.1 Å². The molecule has 0 bridgehead atoms. The van der Waals surface area contributed by atoms with Crippen LogP contribution in [0.4, 0.5) is 0 Å². The van der Waals surface area contributed by atoms with Crippen LogP contribution in [0.3, 0.4) is 0 Å². The van der Waals surface area contributed by atoms with Gasteiger partial charge in [0.1, 0.15) is 32.8 Å². The number of amides is 2. The smallest absolute Gasteiger partial charge is 0.480 e. The number of aliphatic hydroxyl groups is 1. The maximum atomic E-state index is 12.9. The Morgan fingerprint density at radius 2 is 0.860 bits per heavy atom. The number of ether oxygens (including phenoxy) is 1. The Morgan fingerprint density at radius 1 is 0.500 bits per heavy atom. The topological polar surface area (TPSA) is 243 Å². The van der Waals surface area contributed by atoms with Crippen molar-refractivity contribution in [2.75, 3.05) is 78.7 Å². The molecule has 0 atom stereocenters. The van der Waals surface area contributed by atoms with Gasteiger partial charge in [0.25, 0.3) is 0 Å². The second kappa shape index (κ2) is 31.2. The summed E-state index contributed by atoms with van der Waals surface area (Å²) >= 11 is 0. The molecule has 50 heavy (non-hydrogen) atoms. The van der Waals surface area contributed by atoms with Crippen LogP contribution in [0.2, 0.25) is 0 Å². The summed E-state index contributed by atoms with van der Waals surface area (Å²) in [7, 11) is 0. The fourth-order valence-corrected chi connectivity index (χ4v) is 4.96. The van der Waals surface area contributed by atoms with Crippen LogP contribution in [0.5, 0.6) is 0 Å². The molecule has 0 heterocycles. The Bertz CT molecular complexity index is 1000. The molecule has 0 aliphatic rings. The molecule has 0 saturated carbocycles. The van der Waals surface area contributed by atoms with E-state index in [-0.39, 0.29) is 79.1 Å². The third-order valence-electron chi connectivity index (χ3n) is 7.53. The van der Waals surface area contributed by atoms with Crippen LogP contribution >= 0.6 is 0 Å². The number of esters is 1. The van der Waals surface area contributed by atoms with Crippen molar-refractivity contribution in [1.29, 1.82) is 0 Å². The van der Waals surface area contributed by atoms with Crippen LogP contribution in [-0.4, -0.2) is 165 Å². The Labute approximate surface area is 325 Å². The van der Waals surface area contributed by atoms with Crippen molar-refractivity contribution in [3.8, 4) is 0 Å². The molecule has 0 aromatic rings. The van der Waals surface area contributed by atoms with Crippen LogP contribution < -0.4 is 0 Å². The van der Waals surface area contributed by atoms with Crippen molar-refractivity contribution in [2.24, 2.45) is 0 Å². The summed E-state index contributed by atoms with van der Waals surface area (Å²) in [5.41, 5.74) is 0. The molecule has 2 amide bonds. The van der Waals surface area contributed by atoms with Gasteiger partial charge in [-0.05, 0) is 6.42 Å². The molecule has 18 heteroatoms. The molecule has 0 unspecified atom stereocenters. The van der Waals surface area contributed by atoms with Gasteiger partial charge in [0.2, 0.25) is 11.8 Å². The maximum absolute atomic E-state index is 12.9. The van der Waals surface area contributed by atoms with E-state index in [1.165, 1.54) is 54.7 Å².